The van der Waals surface area contributed by atoms with E-state index in [4.69, 9.17) is 0 Å². The number of rotatable bonds is 19. The molecule has 0 amide bonds. The van der Waals surface area contributed by atoms with Gasteiger partial charge in [0.15, 0.2) is 0 Å². The summed E-state index contributed by atoms with van der Waals surface area (Å²) < 4.78 is 0. The van der Waals surface area contributed by atoms with Gasteiger partial charge in [0.2, 0.25) is 0 Å². The average molecular weight is 649 g/mol. The van der Waals surface area contributed by atoms with Crippen molar-refractivity contribution in [2.24, 2.45) is 28.1 Å². The Labute approximate surface area is 285 Å². The van der Waals surface area contributed by atoms with Crippen LogP contribution in [-0.4, -0.2) is 34.2 Å². The van der Waals surface area contributed by atoms with Crippen molar-refractivity contribution in [1.82, 2.24) is 0 Å². The molecule has 0 aromatic heterocycles. The van der Waals surface area contributed by atoms with Crippen molar-refractivity contribution in [3.8, 4) is 0 Å². The maximum Gasteiger partial charge on any atom is 0.0521 e. The van der Waals surface area contributed by atoms with E-state index in [1.54, 1.807) is 0 Å². The lowest BCUT2D eigenvalue weighted by atomic mass is 9.63. The van der Waals surface area contributed by atoms with E-state index in [1.165, 1.54) is 48.1 Å². The minimum atomic E-state index is 0.0729. The molecule has 258 valence electrons. The molecule has 0 aliphatic carbocycles. The topological polar surface area (TPSA) is 20.2 Å². The molecule has 44 heavy (non-hydrogen) atoms. The van der Waals surface area contributed by atoms with Crippen LogP contribution in [0.4, 0.5) is 0 Å². The lowest BCUT2D eigenvalue weighted by Crippen LogP contribution is -2.38. The van der Waals surface area contributed by atoms with E-state index < -0.39 is 0 Å². The Kier molecular flexibility index (Phi) is 15.5. The number of thioether (sulfide) groups is 2. The molecule has 0 saturated carbocycles. The number of hydrogen-bond donors (Lipinski definition) is 1. The van der Waals surface area contributed by atoms with Crippen LogP contribution in [-0.2, 0) is 16.2 Å². The first-order valence-corrected chi connectivity index (χ1v) is 20.0. The predicted molar refractivity (Wildman–Crippen MR) is 206 cm³/mol. The first-order chi connectivity index (χ1) is 19.8. The van der Waals surface area contributed by atoms with Crippen LogP contribution in [0.2, 0.25) is 0 Å². The van der Waals surface area contributed by atoms with E-state index in [0.717, 1.165) is 17.9 Å². The van der Waals surface area contributed by atoms with E-state index in [-0.39, 0.29) is 39.1 Å². The van der Waals surface area contributed by atoms with Crippen molar-refractivity contribution in [2.75, 3.05) is 23.9 Å². The van der Waals surface area contributed by atoms with E-state index in [2.05, 4.69) is 148 Å². The van der Waals surface area contributed by atoms with Gasteiger partial charge in [-0.3, -0.25) is 0 Å². The number of aliphatic hydroxyl groups excluding tert-OH is 1. The Morgan fingerprint density at radius 3 is 1.57 bits per heavy atom. The third-order valence-corrected chi connectivity index (χ3v) is 13.0. The summed E-state index contributed by atoms with van der Waals surface area (Å²) in [6.45, 7) is 41.9. The standard InChI is InChI=1S/C41H76OS2/c1-18-20-44-35(30(2)3)41(16,17)29-38(10,11)28-40(14,15)34-23-32(36(5,6)7)22-33(24-34)39(12,13)27-37(8,9)25-31(4)26-43-21-19-42/h22-24,30-31,35,42H,18-21,25-29H2,1-17H3. The molecule has 0 saturated heterocycles. The minimum absolute atomic E-state index is 0.0729. The molecular weight excluding hydrogens is 573 g/mol. The number of hydrogen-bond acceptors (Lipinski definition) is 3. The van der Waals surface area contributed by atoms with Crippen molar-refractivity contribution in [3.63, 3.8) is 0 Å². The summed E-state index contributed by atoms with van der Waals surface area (Å²) in [5, 5.41) is 9.89. The Hall–Kier alpha value is -0.120. The predicted octanol–water partition coefficient (Wildman–Crippen LogP) is 12.7. The third-order valence-electron chi connectivity index (χ3n) is 9.55. The van der Waals surface area contributed by atoms with Gasteiger partial charge in [0, 0.05) is 11.0 Å². The quantitative estimate of drug-likeness (QED) is 0.151. The molecule has 1 rings (SSSR count). The van der Waals surface area contributed by atoms with Crippen molar-refractivity contribution < 1.29 is 5.11 Å². The summed E-state index contributed by atoms with van der Waals surface area (Å²) in [5.74, 6) is 4.57. The minimum Gasteiger partial charge on any atom is -0.396 e. The summed E-state index contributed by atoms with van der Waals surface area (Å²) in [4.78, 5) is 0. The maximum absolute atomic E-state index is 9.21. The van der Waals surface area contributed by atoms with Gasteiger partial charge in [0.1, 0.15) is 0 Å². The molecule has 3 heteroatoms. The van der Waals surface area contributed by atoms with Gasteiger partial charge in [-0.15, -0.1) is 0 Å². The summed E-state index contributed by atoms with van der Waals surface area (Å²) in [6, 6.07) is 7.66. The molecular formula is C41H76OS2. The Balaban J connectivity index is 3.40. The Morgan fingerprint density at radius 2 is 1.14 bits per heavy atom. The maximum atomic E-state index is 9.21. The first kappa shape index (κ1) is 41.9. The first-order valence-electron chi connectivity index (χ1n) is 17.8. The number of benzene rings is 1. The van der Waals surface area contributed by atoms with Gasteiger partial charge < -0.3 is 5.11 Å². The van der Waals surface area contributed by atoms with E-state index in [1.807, 2.05) is 11.8 Å². The monoisotopic (exact) mass is 649 g/mol. The summed E-state index contributed by atoms with van der Waals surface area (Å²) in [7, 11) is 0. The van der Waals surface area contributed by atoms with Crippen LogP contribution in [0.25, 0.3) is 0 Å². The average Bonchev–Trinajstić information content (AvgIpc) is 2.80. The number of aliphatic hydroxyl groups is 1. The molecule has 2 atom stereocenters. The fraction of sp³-hybridized carbons (Fsp3) is 0.854. The SMILES string of the molecule is CCCSC(C(C)C)C(C)(C)CC(C)(C)CC(C)(C)c1cc(C(C)(C)C)cc(C(C)(C)CC(C)(C)CC(C)CSCCO)c1. The highest BCUT2D eigenvalue weighted by atomic mass is 32.2. The van der Waals surface area contributed by atoms with Gasteiger partial charge in [-0.1, -0.05) is 136 Å². The molecule has 0 bridgehead atoms. The van der Waals surface area contributed by atoms with Crippen LogP contribution in [0.5, 0.6) is 0 Å². The molecule has 0 heterocycles. The second kappa shape index (κ2) is 16.3. The van der Waals surface area contributed by atoms with E-state index in [9.17, 15) is 5.11 Å². The van der Waals surface area contributed by atoms with Gasteiger partial charge in [0.05, 0.1) is 6.61 Å². The molecule has 1 N–H and O–H groups in total. The zero-order chi connectivity index (χ0) is 34.4. The van der Waals surface area contributed by atoms with Crippen LogP contribution in [0.1, 0.15) is 166 Å². The van der Waals surface area contributed by atoms with Crippen LogP contribution in [0, 0.1) is 28.1 Å². The molecule has 0 radical (unpaired) electrons. The van der Waals surface area contributed by atoms with Crippen LogP contribution >= 0.6 is 23.5 Å². The van der Waals surface area contributed by atoms with Crippen molar-refractivity contribution in [3.05, 3.63) is 34.9 Å². The Morgan fingerprint density at radius 1 is 0.659 bits per heavy atom. The molecule has 2 unspecified atom stereocenters. The van der Waals surface area contributed by atoms with Gasteiger partial charge >= 0.3 is 0 Å². The van der Waals surface area contributed by atoms with Gasteiger partial charge in [0.25, 0.3) is 0 Å². The normalized spacial score (nSPS) is 15.6. The highest BCUT2D eigenvalue weighted by Crippen LogP contribution is 2.49. The van der Waals surface area contributed by atoms with E-state index in [0.29, 0.717) is 17.1 Å². The largest absolute Gasteiger partial charge is 0.396 e. The highest BCUT2D eigenvalue weighted by Gasteiger charge is 2.40. The fourth-order valence-corrected chi connectivity index (χ4v) is 11.0. The summed E-state index contributed by atoms with van der Waals surface area (Å²) in [6.07, 6.45) is 6.04. The highest BCUT2D eigenvalue weighted by molar-refractivity contribution is 8.00. The van der Waals surface area contributed by atoms with Crippen molar-refractivity contribution in [2.45, 2.75) is 171 Å². The lowest BCUT2D eigenvalue weighted by molar-refractivity contribution is 0.139. The molecule has 0 aliphatic rings. The van der Waals surface area contributed by atoms with Crippen LogP contribution < -0.4 is 0 Å². The zero-order valence-corrected chi connectivity index (χ0v) is 34.2. The summed E-state index contributed by atoms with van der Waals surface area (Å²) in [5.41, 5.74) is 5.47. The molecule has 1 nitrogen and oxygen atoms in total. The Bertz CT molecular complexity index is 992. The summed E-state index contributed by atoms with van der Waals surface area (Å²) >= 11 is 4.09. The van der Waals surface area contributed by atoms with Crippen LogP contribution in [0.3, 0.4) is 0 Å². The van der Waals surface area contributed by atoms with Crippen molar-refractivity contribution in [1.29, 1.82) is 0 Å². The molecule has 0 aliphatic heterocycles. The third kappa shape index (κ3) is 13.5. The van der Waals surface area contributed by atoms with Crippen LogP contribution in [0.15, 0.2) is 18.2 Å². The smallest absolute Gasteiger partial charge is 0.0521 e. The zero-order valence-electron chi connectivity index (χ0n) is 32.6. The fourth-order valence-electron chi connectivity index (χ4n) is 8.82. The molecule has 0 fully saturated rings. The molecule has 1 aromatic rings. The van der Waals surface area contributed by atoms with Gasteiger partial charge in [-0.05, 0) is 105 Å². The van der Waals surface area contributed by atoms with Gasteiger partial charge in [-0.2, -0.15) is 23.5 Å². The molecule has 0 spiro atoms. The van der Waals surface area contributed by atoms with Gasteiger partial charge in [-0.25, -0.2) is 0 Å². The molecule has 1 aromatic carbocycles. The second-order valence-corrected chi connectivity index (χ2v) is 21.7. The van der Waals surface area contributed by atoms with Crippen molar-refractivity contribution >= 4 is 23.5 Å². The van der Waals surface area contributed by atoms with E-state index >= 15 is 0 Å². The second-order valence-electron chi connectivity index (χ2n) is 19.3. The lowest BCUT2D eigenvalue weighted by Gasteiger charge is -2.45.